The SMILES string of the molecule is CC(=O)C(F)(Cl)C(=O)O. The molecule has 0 amide bonds. The number of halogens is 2. The fourth-order valence-corrected chi connectivity index (χ4v) is 0.151. The molecule has 0 aliphatic carbocycles. The number of carbonyl (C=O) groups is 2. The Bertz CT molecular complexity index is 138. The van der Waals surface area contributed by atoms with Gasteiger partial charge in [-0.15, -0.1) is 0 Å². The van der Waals surface area contributed by atoms with E-state index in [0.717, 1.165) is 6.92 Å². The fourth-order valence-electron chi connectivity index (χ4n) is 0.151. The van der Waals surface area contributed by atoms with Crippen LogP contribution in [0.2, 0.25) is 0 Å². The van der Waals surface area contributed by atoms with Crippen molar-refractivity contribution in [2.75, 3.05) is 0 Å². The molecule has 1 atom stereocenters. The van der Waals surface area contributed by atoms with Gasteiger partial charge in [-0.1, -0.05) is 11.6 Å². The van der Waals surface area contributed by atoms with Crippen LogP contribution in [0.3, 0.4) is 0 Å². The van der Waals surface area contributed by atoms with Crippen molar-refractivity contribution in [3.8, 4) is 0 Å². The summed E-state index contributed by atoms with van der Waals surface area (Å²) in [7, 11) is 0. The Morgan fingerprint density at radius 2 is 2.00 bits per heavy atom. The third-order valence-corrected chi connectivity index (χ3v) is 1.14. The molecule has 0 saturated carbocycles. The molecule has 5 heteroatoms. The van der Waals surface area contributed by atoms with E-state index in [4.69, 9.17) is 5.11 Å². The first-order valence-corrected chi connectivity index (χ1v) is 2.39. The van der Waals surface area contributed by atoms with E-state index in [0.29, 0.717) is 0 Å². The van der Waals surface area contributed by atoms with Crippen molar-refractivity contribution in [1.29, 1.82) is 0 Å². The Hall–Kier alpha value is -0.640. The molecule has 0 aromatic heterocycles. The summed E-state index contributed by atoms with van der Waals surface area (Å²) < 4.78 is 12.2. The zero-order valence-corrected chi connectivity index (χ0v) is 5.28. The van der Waals surface area contributed by atoms with Gasteiger partial charge in [-0.3, -0.25) is 4.79 Å². The summed E-state index contributed by atoms with van der Waals surface area (Å²) in [5.41, 5.74) is 0. The molecule has 1 N–H and O–H groups in total. The molecule has 0 aliphatic rings. The van der Waals surface area contributed by atoms with Gasteiger partial charge in [0.15, 0.2) is 5.78 Å². The molecule has 0 radical (unpaired) electrons. The van der Waals surface area contributed by atoms with Crippen LogP contribution in [-0.2, 0) is 9.59 Å². The molecule has 9 heavy (non-hydrogen) atoms. The predicted octanol–water partition coefficient (Wildman–Crippen LogP) is 0.565. The summed E-state index contributed by atoms with van der Waals surface area (Å²) >= 11 is 4.59. The van der Waals surface area contributed by atoms with Crippen LogP contribution in [0.4, 0.5) is 4.39 Å². The Kier molecular flexibility index (Phi) is 2.14. The second-order valence-electron chi connectivity index (χ2n) is 1.44. The van der Waals surface area contributed by atoms with Crippen LogP contribution in [0.15, 0.2) is 0 Å². The summed E-state index contributed by atoms with van der Waals surface area (Å²) in [6.07, 6.45) is 0. The van der Waals surface area contributed by atoms with Gasteiger partial charge < -0.3 is 5.11 Å². The molecule has 0 spiro atoms. The van der Waals surface area contributed by atoms with Gasteiger partial charge in [0.05, 0.1) is 0 Å². The van der Waals surface area contributed by atoms with Crippen molar-refractivity contribution in [2.45, 2.75) is 12.1 Å². The normalized spacial score (nSPS) is 16.3. The molecule has 0 aliphatic heterocycles. The molecule has 0 rings (SSSR count). The smallest absolute Gasteiger partial charge is 0.365 e. The molecular formula is C4H4ClFO3. The highest BCUT2D eigenvalue weighted by Crippen LogP contribution is 2.17. The summed E-state index contributed by atoms with van der Waals surface area (Å²) in [6.45, 7) is 0.765. The molecule has 0 aromatic rings. The molecule has 0 heterocycles. The van der Waals surface area contributed by atoms with E-state index in [2.05, 4.69) is 11.6 Å². The first-order chi connectivity index (χ1) is 3.89. The van der Waals surface area contributed by atoms with Crippen molar-refractivity contribution in [3.63, 3.8) is 0 Å². The second kappa shape index (κ2) is 2.31. The van der Waals surface area contributed by atoms with Crippen LogP contribution in [0, 0.1) is 0 Å². The van der Waals surface area contributed by atoms with Crippen molar-refractivity contribution in [3.05, 3.63) is 0 Å². The lowest BCUT2D eigenvalue weighted by atomic mass is 10.3. The number of carboxylic acids is 1. The van der Waals surface area contributed by atoms with E-state index in [-0.39, 0.29) is 0 Å². The van der Waals surface area contributed by atoms with Crippen LogP contribution in [0.5, 0.6) is 0 Å². The van der Waals surface area contributed by atoms with E-state index in [9.17, 15) is 14.0 Å². The summed E-state index contributed by atoms with van der Waals surface area (Å²) in [4.78, 5) is 19.8. The van der Waals surface area contributed by atoms with Gasteiger partial charge in [0.1, 0.15) is 0 Å². The lowest BCUT2D eigenvalue weighted by Gasteiger charge is -2.05. The minimum absolute atomic E-state index is 0.765. The maximum absolute atomic E-state index is 12.2. The topological polar surface area (TPSA) is 54.4 Å². The first-order valence-electron chi connectivity index (χ1n) is 2.01. The van der Waals surface area contributed by atoms with Gasteiger partial charge in [-0.2, -0.15) is 0 Å². The summed E-state index contributed by atoms with van der Waals surface area (Å²) in [5.74, 6) is -3.20. The molecular weight excluding hydrogens is 150 g/mol. The van der Waals surface area contributed by atoms with Crippen molar-refractivity contribution in [1.82, 2.24) is 0 Å². The highest BCUT2D eigenvalue weighted by Gasteiger charge is 2.41. The van der Waals surface area contributed by atoms with Crippen LogP contribution >= 0.6 is 11.6 Å². The van der Waals surface area contributed by atoms with Crippen LogP contribution in [0.1, 0.15) is 6.92 Å². The largest absolute Gasteiger partial charge is 0.478 e. The average Bonchev–Trinajstić information content (AvgIpc) is 1.65. The lowest BCUT2D eigenvalue weighted by Crippen LogP contribution is -2.34. The first kappa shape index (κ1) is 8.36. The van der Waals surface area contributed by atoms with E-state index in [1.807, 2.05) is 0 Å². The summed E-state index contributed by atoms with van der Waals surface area (Å²) in [5, 5.41) is 4.63. The van der Waals surface area contributed by atoms with E-state index >= 15 is 0 Å². The third kappa shape index (κ3) is 1.64. The molecule has 0 saturated heterocycles. The number of hydrogen-bond acceptors (Lipinski definition) is 2. The average molecular weight is 155 g/mol. The van der Waals surface area contributed by atoms with Gasteiger partial charge in [0.25, 0.3) is 0 Å². The molecule has 1 unspecified atom stereocenters. The Labute approximate surface area is 55.4 Å². The Balaban J connectivity index is 4.38. The maximum atomic E-state index is 12.2. The number of ketones is 1. The number of hydrogen-bond donors (Lipinski definition) is 1. The van der Waals surface area contributed by atoms with Gasteiger partial charge in [-0.05, 0) is 6.92 Å². The molecule has 0 bridgehead atoms. The minimum atomic E-state index is -3.25. The second-order valence-corrected chi connectivity index (χ2v) is 1.96. The van der Waals surface area contributed by atoms with Gasteiger partial charge in [-0.25, -0.2) is 9.18 Å². The monoisotopic (exact) mass is 154 g/mol. The van der Waals surface area contributed by atoms with Crippen LogP contribution < -0.4 is 0 Å². The highest BCUT2D eigenvalue weighted by atomic mass is 35.5. The van der Waals surface area contributed by atoms with E-state index < -0.39 is 16.9 Å². The Morgan fingerprint density at radius 1 is 1.67 bits per heavy atom. The van der Waals surface area contributed by atoms with Gasteiger partial charge in [0.2, 0.25) is 0 Å². The number of Topliss-reactive ketones (excluding diaryl/α,β-unsaturated/α-hetero) is 1. The lowest BCUT2D eigenvalue weighted by molar-refractivity contribution is -0.149. The molecule has 52 valence electrons. The van der Waals surface area contributed by atoms with Crippen LogP contribution in [-0.4, -0.2) is 22.0 Å². The van der Waals surface area contributed by atoms with Gasteiger partial charge in [0, 0.05) is 0 Å². The maximum Gasteiger partial charge on any atom is 0.365 e. The van der Waals surface area contributed by atoms with E-state index in [1.165, 1.54) is 0 Å². The fraction of sp³-hybridized carbons (Fsp3) is 0.500. The standard InChI is InChI=1S/C4H4ClFO3/c1-2(7)4(5,6)3(8)9/h1H3,(H,8,9). The van der Waals surface area contributed by atoms with E-state index in [1.54, 1.807) is 0 Å². The zero-order chi connectivity index (χ0) is 7.65. The van der Waals surface area contributed by atoms with Gasteiger partial charge >= 0.3 is 11.1 Å². The quantitative estimate of drug-likeness (QED) is 0.467. The number of aliphatic carboxylic acids is 1. The highest BCUT2D eigenvalue weighted by molar-refractivity contribution is 6.43. The molecule has 0 aromatic carbocycles. The number of alkyl halides is 2. The van der Waals surface area contributed by atoms with Crippen molar-refractivity contribution >= 4 is 23.4 Å². The number of carbonyl (C=O) groups excluding carboxylic acids is 1. The predicted molar refractivity (Wildman–Crippen MR) is 28.0 cm³/mol. The summed E-state index contributed by atoms with van der Waals surface area (Å²) in [6, 6.07) is 0. The number of carboxylic acid groups (broad SMARTS) is 1. The number of rotatable bonds is 2. The minimum Gasteiger partial charge on any atom is -0.478 e. The zero-order valence-electron chi connectivity index (χ0n) is 4.52. The molecule has 0 fully saturated rings. The Morgan fingerprint density at radius 3 is 2.00 bits per heavy atom. The molecule has 3 nitrogen and oxygen atoms in total. The van der Waals surface area contributed by atoms with Crippen molar-refractivity contribution < 1.29 is 19.1 Å². The van der Waals surface area contributed by atoms with Crippen LogP contribution in [0.25, 0.3) is 0 Å². The van der Waals surface area contributed by atoms with Crippen molar-refractivity contribution in [2.24, 2.45) is 0 Å². The third-order valence-electron chi connectivity index (χ3n) is 0.711.